The molecule has 0 saturated carbocycles. The van der Waals surface area contributed by atoms with Crippen LogP contribution < -0.4 is 10.1 Å². The van der Waals surface area contributed by atoms with Gasteiger partial charge >= 0.3 is 5.97 Å². The minimum absolute atomic E-state index is 0.00830. The first kappa shape index (κ1) is 22.0. The van der Waals surface area contributed by atoms with Crippen molar-refractivity contribution < 1.29 is 24.1 Å². The number of benzene rings is 1. The molecule has 152 valence electrons. The van der Waals surface area contributed by atoms with Crippen molar-refractivity contribution >= 4 is 35.0 Å². The summed E-state index contributed by atoms with van der Waals surface area (Å²) < 4.78 is 19.9. The molecule has 0 saturated heterocycles. The fourth-order valence-electron chi connectivity index (χ4n) is 2.57. The number of carbonyl (C=O) groups is 1. The second-order valence-corrected chi connectivity index (χ2v) is 7.57. The lowest BCUT2D eigenvalue weighted by Crippen LogP contribution is -2.14. The second-order valence-electron chi connectivity index (χ2n) is 6.82. The number of anilines is 1. The molecule has 0 fully saturated rings. The number of halogens is 3. The Bertz CT molecular complexity index is 875. The number of aromatic hydroxyl groups is 1. The van der Waals surface area contributed by atoms with E-state index in [9.17, 15) is 14.3 Å². The van der Waals surface area contributed by atoms with Crippen molar-refractivity contribution in [3.8, 4) is 17.2 Å². The fraction of sp³-hybridized carbons (Fsp3) is 0.368. The van der Waals surface area contributed by atoms with Crippen LogP contribution in [0.5, 0.6) is 17.2 Å². The molecule has 9 heteroatoms. The summed E-state index contributed by atoms with van der Waals surface area (Å²) in [5, 5.41) is 21.1. The summed E-state index contributed by atoms with van der Waals surface area (Å²) in [4.78, 5) is 14.3. The number of carboxylic acid groups (broad SMARTS) is 1. The predicted molar refractivity (Wildman–Crippen MR) is 107 cm³/mol. The topological polar surface area (TPSA) is 91.7 Å². The van der Waals surface area contributed by atoms with Crippen molar-refractivity contribution in [3.63, 3.8) is 0 Å². The van der Waals surface area contributed by atoms with Crippen LogP contribution in [0.25, 0.3) is 0 Å². The van der Waals surface area contributed by atoms with Crippen molar-refractivity contribution in [1.82, 2.24) is 4.98 Å². The maximum absolute atomic E-state index is 14.1. The molecule has 0 aliphatic carbocycles. The van der Waals surface area contributed by atoms with Gasteiger partial charge in [0, 0.05) is 11.1 Å². The Labute approximate surface area is 172 Å². The second kappa shape index (κ2) is 8.84. The molecule has 0 atom stereocenters. The number of aliphatic carboxylic acids is 1. The average molecular weight is 431 g/mol. The first-order chi connectivity index (χ1) is 13.0. The zero-order valence-corrected chi connectivity index (χ0v) is 17.3. The number of rotatable bonds is 7. The Morgan fingerprint density at radius 1 is 1.18 bits per heavy atom. The van der Waals surface area contributed by atoms with E-state index in [0.717, 1.165) is 0 Å². The molecule has 2 rings (SSSR count). The molecule has 0 amide bonds. The lowest BCUT2D eigenvalue weighted by atomic mass is 9.93. The molecule has 0 radical (unpaired) electrons. The number of hydrogen-bond donors (Lipinski definition) is 3. The van der Waals surface area contributed by atoms with Crippen LogP contribution in [0.4, 0.5) is 10.2 Å². The van der Waals surface area contributed by atoms with Crippen molar-refractivity contribution in [2.75, 3.05) is 11.9 Å². The number of hydrogen-bond acceptors (Lipinski definition) is 5. The van der Waals surface area contributed by atoms with Crippen molar-refractivity contribution in [3.05, 3.63) is 39.3 Å². The number of carboxylic acids is 1. The standard InChI is InChI=1S/C19H21Cl2FN2O4/c1-8(2)11-5-10(6-12(9(3)4)16(11)27)28-17-14(20)18(22)24-19(15(17)21)23-7-13(25)26/h5-6,8-9,27H,7H2,1-4H3,(H,23,24)(H,25,26). The van der Waals surface area contributed by atoms with E-state index in [4.69, 9.17) is 33.0 Å². The van der Waals surface area contributed by atoms with Gasteiger partial charge in [0.2, 0.25) is 5.95 Å². The number of aromatic nitrogens is 1. The van der Waals surface area contributed by atoms with Gasteiger partial charge in [-0.2, -0.15) is 9.37 Å². The third kappa shape index (κ3) is 4.77. The minimum Gasteiger partial charge on any atom is -0.507 e. The first-order valence-electron chi connectivity index (χ1n) is 8.57. The Morgan fingerprint density at radius 2 is 1.71 bits per heavy atom. The van der Waals surface area contributed by atoms with E-state index in [1.165, 1.54) is 0 Å². The Morgan fingerprint density at radius 3 is 2.18 bits per heavy atom. The van der Waals surface area contributed by atoms with Gasteiger partial charge < -0.3 is 20.3 Å². The fourth-order valence-corrected chi connectivity index (χ4v) is 3.03. The number of nitrogens with zero attached hydrogens (tertiary/aromatic N) is 1. The van der Waals surface area contributed by atoms with Gasteiger partial charge in [0.15, 0.2) is 11.6 Å². The van der Waals surface area contributed by atoms with E-state index >= 15 is 0 Å². The zero-order chi connectivity index (χ0) is 21.2. The highest BCUT2D eigenvalue weighted by Gasteiger charge is 2.22. The minimum atomic E-state index is -1.17. The van der Waals surface area contributed by atoms with Crippen molar-refractivity contribution in [2.24, 2.45) is 0 Å². The van der Waals surface area contributed by atoms with Gasteiger partial charge in [-0.25, -0.2) is 0 Å². The third-order valence-corrected chi connectivity index (χ3v) is 4.69. The van der Waals surface area contributed by atoms with Gasteiger partial charge in [-0.3, -0.25) is 4.79 Å². The van der Waals surface area contributed by atoms with Gasteiger partial charge in [-0.1, -0.05) is 50.9 Å². The van der Waals surface area contributed by atoms with Crippen LogP contribution in [0, 0.1) is 5.95 Å². The van der Waals surface area contributed by atoms with E-state index in [2.05, 4.69) is 10.3 Å². The van der Waals surface area contributed by atoms with Gasteiger partial charge in [0.1, 0.15) is 28.1 Å². The average Bonchev–Trinajstić information content (AvgIpc) is 2.61. The maximum atomic E-state index is 14.1. The SMILES string of the molecule is CC(C)c1cc(Oc2c(Cl)c(F)nc(NCC(=O)O)c2Cl)cc(C(C)C)c1O. The molecule has 0 bridgehead atoms. The Kier molecular flexibility index (Phi) is 6.96. The first-order valence-corrected chi connectivity index (χ1v) is 9.33. The summed E-state index contributed by atoms with van der Waals surface area (Å²) in [7, 11) is 0. The molecule has 2 aromatic rings. The van der Waals surface area contributed by atoms with Crippen molar-refractivity contribution in [1.29, 1.82) is 0 Å². The summed E-state index contributed by atoms with van der Waals surface area (Å²) >= 11 is 12.2. The van der Waals surface area contributed by atoms with Crippen LogP contribution in [-0.2, 0) is 4.79 Å². The molecule has 28 heavy (non-hydrogen) atoms. The molecular formula is C19H21Cl2FN2O4. The van der Waals surface area contributed by atoms with Gasteiger partial charge in [-0.15, -0.1) is 0 Å². The number of nitrogens with one attached hydrogen (secondary N) is 1. The maximum Gasteiger partial charge on any atom is 0.322 e. The number of phenols is 1. The van der Waals surface area contributed by atoms with Crippen LogP contribution in [0.1, 0.15) is 50.7 Å². The van der Waals surface area contributed by atoms with Crippen LogP contribution in [0.2, 0.25) is 10.0 Å². The van der Waals surface area contributed by atoms with Crippen LogP contribution in [0.15, 0.2) is 12.1 Å². The summed E-state index contributed by atoms with van der Waals surface area (Å²) in [6, 6.07) is 3.25. The lowest BCUT2D eigenvalue weighted by molar-refractivity contribution is -0.134. The lowest BCUT2D eigenvalue weighted by Gasteiger charge is -2.19. The Balaban J connectivity index is 2.54. The summed E-state index contributed by atoms with van der Waals surface area (Å²) in [5.74, 6) is -2.11. The molecule has 0 unspecified atom stereocenters. The normalized spacial score (nSPS) is 11.2. The monoisotopic (exact) mass is 430 g/mol. The molecule has 1 aromatic heterocycles. The molecule has 3 N–H and O–H groups in total. The van der Waals surface area contributed by atoms with E-state index < -0.39 is 23.5 Å². The molecule has 0 spiro atoms. The molecule has 0 aliphatic heterocycles. The van der Waals surface area contributed by atoms with Gasteiger partial charge in [-0.05, 0) is 24.0 Å². The third-order valence-electron chi connectivity index (χ3n) is 4.01. The highest BCUT2D eigenvalue weighted by atomic mass is 35.5. The highest BCUT2D eigenvalue weighted by Crippen LogP contribution is 2.43. The van der Waals surface area contributed by atoms with Gasteiger partial charge in [0.25, 0.3) is 0 Å². The smallest absolute Gasteiger partial charge is 0.322 e. The van der Waals surface area contributed by atoms with Crippen LogP contribution >= 0.6 is 23.2 Å². The summed E-state index contributed by atoms with van der Waals surface area (Å²) in [5.41, 5.74) is 1.32. The van der Waals surface area contributed by atoms with Crippen molar-refractivity contribution in [2.45, 2.75) is 39.5 Å². The molecular weight excluding hydrogens is 410 g/mol. The molecule has 1 aromatic carbocycles. The molecule has 6 nitrogen and oxygen atoms in total. The van der Waals surface area contributed by atoms with E-state index in [1.54, 1.807) is 12.1 Å². The molecule has 0 aliphatic rings. The summed E-state index contributed by atoms with van der Waals surface area (Å²) in [6.07, 6.45) is 0. The molecule has 1 heterocycles. The number of ether oxygens (including phenoxy) is 1. The van der Waals surface area contributed by atoms with E-state index in [-0.39, 0.29) is 34.2 Å². The van der Waals surface area contributed by atoms with E-state index in [1.807, 2.05) is 27.7 Å². The largest absolute Gasteiger partial charge is 0.507 e. The zero-order valence-electron chi connectivity index (χ0n) is 15.8. The summed E-state index contributed by atoms with van der Waals surface area (Å²) in [6.45, 7) is 7.17. The van der Waals surface area contributed by atoms with Gasteiger partial charge in [0.05, 0.1) is 0 Å². The van der Waals surface area contributed by atoms with Crippen LogP contribution in [-0.4, -0.2) is 27.7 Å². The number of pyridine rings is 1. The number of phenolic OH excluding ortho intramolecular Hbond substituents is 1. The predicted octanol–water partition coefficient (Wildman–Crippen LogP) is 5.77. The highest BCUT2D eigenvalue weighted by molar-refractivity contribution is 6.38. The van der Waals surface area contributed by atoms with E-state index in [0.29, 0.717) is 16.9 Å². The van der Waals surface area contributed by atoms with Crippen LogP contribution in [0.3, 0.4) is 0 Å². The Hall–Kier alpha value is -2.25. The quantitative estimate of drug-likeness (QED) is 0.482.